The van der Waals surface area contributed by atoms with E-state index in [1.165, 1.54) is 10.2 Å². The van der Waals surface area contributed by atoms with Crippen molar-refractivity contribution < 1.29 is 24.7 Å². The smallest absolute Gasteiger partial charge is 0.279 e. The number of aliphatic hydroxyl groups excluding tert-OH is 2. The molecule has 0 aromatic carbocycles. The van der Waals surface area contributed by atoms with E-state index in [2.05, 4.69) is 10.4 Å². The Bertz CT molecular complexity index is 433. The molecule has 1 saturated heterocycles. The zero-order valence-electron chi connectivity index (χ0n) is 8.55. The lowest BCUT2D eigenvalue weighted by atomic mass is 10.1. The van der Waals surface area contributed by atoms with Gasteiger partial charge in [0, 0.05) is 5.10 Å². The monoisotopic (exact) mass is 258 g/mol. The Hall–Kier alpha value is -1.31. The van der Waals surface area contributed by atoms with Crippen LogP contribution < -0.4 is 15.1 Å². The Labute approximate surface area is 100 Å². The molecule has 0 spiro atoms. The maximum absolute atomic E-state index is 11.7. The average Bonchev–Trinajstić information content (AvgIpc) is 2.87. The van der Waals surface area contributed by atoms with Crippen LogP contribution in [0.5, 0.6) is 0 Å². The summed E-state index contributed by atoms with van der Waals surface area (Å²) in [6.45, 7) is -0.426. The minimum atomic E-state index is -1.42. The number of hydrogen-bond acceptors (Lipinski definition) is 8. The van der Waals surface area contributed by atoms with Gasteiger partial charge in [0.25, 0.3) is 16.9 Å². The summed E-state index contributed by atoms with van der Waals surface area (Å²) < 4.78 is 6.43. The van der Waals surface area contributed by atoms with Crippen LogP contribution in [0.2, 0.25) is 0 Å². The Morgan fingerprint density at radius 1 is 1.76 bits per heavy atom. The number of hydrogen-bond donors (Lipinski definition) is 3. The Balaban J connectivity index is 2.14. The molecule has 1 aliphatic heterocycles. The van der Waals surface area contributed by atoms with E-state index in [0.29, 0.717) is 5.13 Å². The Morgan fingerprint density at radius 3 is 3.12 bits per heavy atom. The summed E-state index contributed by atoms with van der Waals surface area (Å²) in [6, 6.07) is 0. The van der Waals surface area contributed by atoms with Gasteiger partial charge < -0.3 is 20.1 Å². The first-order chi connectivity index (χ1) is 8.17. The maximum Gasteiger partial charge on any atom is 0.279 e. The second-order valence-electron chi connectivity index (χ2n) is 3.45. The van der Waals surface area contributed by atoms with Crippen LogP contribution in [0, 0.1) is 11.5 Å². The molecule has 0 aliphatic carbocycles. The van der Waals surface area contributed by atoms with E-state index >= 15 is 0 Å². The van der Waals surface area contributed by atoms with Crippen molar-refractivity contribution in [2.24, 2.45) is 0 Å². The van der Waals surface area contributed by atoms with E-state index in [-0.39, 0.29) is 0 Å². The van der Waals surface area contributed by atoms with Gasteiger partial charge in [0.1, 0.15) is 6.10 Å². The largest absolute Gasteiger partial charge is 0.843 e. The predicted octanol–water partition coefficient (Wildman–Crippen LogP) is -2.70. The normalized spacial score (nSPS) is 32.4. The summed E-state index contributed by atoms with van der Waals surface area (Å²) >= 11 is 1.13. The van der Waals surface area contributed by atoms with Gasteiger partial charge in [-0.3, -0.25) is 5.32 Å². The maximum atomic E-state index is 11.7. The number of aliphatic hydroxyl groups is 2. The van der Waals surface area contributed by atoms with Gasteiger partial charge in [-0.25, -0.2) is 0 Å². The fraction of sp³-hybridized carbons (Fsp3) is 0.625. The van der Waals surface area contributed by atoms with Gasteiger partial charge in [-0.05, 0) is 17.4 Å². The third kappa shape index (κ3) is 2.21. The molecule has 4 atom stereocenters. The zero-order valence-corrected chi connectivity index (χ0v) is 9.37. The summed E-state index contributed by atoms with van der Waals surface area (Å²) in [5.41, 5.74) is 1.50. The molecule has 1 aliphatic rings. The van der Waals surface area contributed by atoms with E-state index in [1.807, 2.05) is 0 Å². The molecule has 9 heteroatoms. The van der Waals surface area contributed by atoms with Gasteiger partial charge in [0.15, 0.2) is 6.19 Å². The Kier molecular flexibility index (Phi) is 3.51. The summed E-state index contributed by atoms with van der Waals surface area (Å²) in [5, 5.41) is 45.1. The van der Waals surface area contributed by atoms with Gasteiger partial charge in [-0.15, -0.1) is 0 Å². The minimum absolute atomic E-state index is 0.324. The number of nitrogens with one attached hydrogen (secondary N) is 1. The summed E-state index contributed by atoms with van der Waals surface area (Å²) in [7, 11) is 0. The van der Waals surface area contributed by atoms with Crippen LogP contribution in [-0.2, 0) is 4.74 Å². The highest BCUT2D eigenvalue weighted by Gasteiger charge is 2.43. The molecule has 17 heavy (non-hydrogen) atoms. The van der Waals surface area contributed by atoms with Crippen LogP contribution in [0.3, 0.4) is 0 Å². The highest BCUT2D eigenvalue weighted by atomic mass is 32.1. The number of ether oxygens (including phenoxy) is 1. The third-order valence-corrected chi connectivity index (χ3v) is 3.12. The molecule has 0 saturated carbocycles. The van der Waals surface area contributed by atoms with Crippen LogP contribution in [0.25, 0.3) is 0 Å². The number of anilines is 1. The zero-order chi connectivity index (χ0) is 12.4. The number of aromatic nitrogens is 2. The van der Waals surface area contributed by atoms with Gasteiger partial charge >= 0.3 is 0 Å². The highest BCUT2D eigenvalue weighted by molar-refractivity contribution is 7.13. The molecule has 8 nitrogen and oxygen atoms in total. The second-order valence-corrected chi connectivity index (χ2v) is 4.28. The molecular formula is C8H10N4O4S. The first-order valence-corrected chi connectivity index (χ1v) is 5.67. The first kappa shape index (κ1) is 12.2. The van der Waals surface area contributed by atoms with Gasteiger partial charge in [-0.2, -0.15) is 5.26 Å². The number of rotatable bonds is 3. The molecule has 2 heterocycles. The lowest BCUT2D eigenvalue weighted by Gasteiger charge is -2.19. The minimum Gasteiger partial charge on any atom is -0.843 e. The molecule has 1 aromatic heterocycles. The molecule has 92 valence electrons. The molecule has 0 unspecified atom stereocenters. The SMILES string of the molecule is N#CNc1n[n+]([C@@H]2O[C@H](CO)[C@@H](O)[C@H]2[O-])cs1. The molecule has 1 aromatic rings. The van der Waals surface area contributed by atoms with Crippen molar-refractivity contribution in [2.45, 2.75) is 24.5 Å². The van der Waals surface area contributed by atoms with Crippen LogP contribution in [0.4, 0.5) is 5.13 Å². The van der Waals surface area contributed by atoms with Crippen molar-refractivity contribution in [3.8, 4) is 6.19 Å². The highest BCUT2D eigenvalue weighted by Crippen LogP contribution is 2.23. The fourth-order valence-corrected chi connectivity index (χ4v) is 2.18. The molecule has 0 amide bonds. The lowest BCUT2D eigenvalue weighted by molar-refractivity contribution is -0.822. The molecule has 3 N–H and O–H groups in total. The van der Waals surface area contributed by atoms with Crippen LogP contribution >= 0.6 is 11.3 Å². The van der Waals surface area contributed by atoms with Gasteiger partial charge in [0.05, 0.1) is 12.7 Å². The van der Waals surface area contributed by atoms with Crippen LogP contribution in [0.1, 0.15) is 6.23 Å². The summed E-state index contributed by atoms with van der Waals surface area (Å²) in [6.07, 6.45) is -2.87. The first-order valence-electron chi connectivity index (χ1n) is 4.79. The van der Waals surface area contributed by atoms with Crippen LogP contribution in [0.15, 0.2) is 5.51 Å². The molecule has 0 bridgehead atoms. The molecule has 2 rings (SSSR count). The molecule has 1 fully saturated rings. The van der Waals surface area contributed by atoms with Crippen molar-refractivity contribution in [2.75, 3.05) is 11.9 Å². The average molecular weight is 258 g/mol. The van der Waals surface area contributed by atoms with E-state index in [0.717, 1.165) is 11.3 Å². The quantitative estimate of drug-likeness (QED) is 0.306. The lowest BCUT2D eigenvalue weighted by Crippen LogP contribution is -2.52. The third-order valence-electron chi connectivity index (χ3n) is 2.39. The van der Waals surface area contributed by atoms with E-state index in [9.17, 15) is 10.2 Å². The van der Waals surface area contributed by atoms with Crippen molar-refractivity contribution in [1.82, 2.24) is 5.10 Å². The van der Waals surface area contributed by atoms with Crippen molar-refractivity contribution in [1.29, 1.82) is 5.26 Å². The number of nitrogens with zero attached hydrogens (tertiary/aromatic N) is 3. The number of nitriles is 1. The van der Waals surface area contributed by atoms with Crippen molar-refractivity contribution in [3.63, 3.8) is 0 Å². The molecular weight excluding hydrogens is 248 g/mol. The standard InChI is InChI=1S/C8H10N4O4S/c9-2-10-8-11-12(3-17-8)7-6(15)5(14)4(1-13)16-7/h3-7,13-14H,1H2,(H,10,11)/t4-,5-,6-,7-/m1/s1. The summed E-state index contributed by atoms with van der Waals surface area (Å²) in [5.74, 6) is 0. The van der Waals surface area contributed by atoms with Crippen molar-refractivity contribution >= 4 is 16.5 Å². The second kappa shape index (κ2) is 4.91. The summed E-state index contributed by atoms with van der Waals surface area (Å²) in [4.78, 5) is 0. The van der Waals surface area contributed by atoms with E-state index in [1.54, 1.807) is 6.19 Å². The van der Waals surface area contributed by atoms with E-state index < -0.39 is 31.1 Å². The van der Waals surface area contributed by atoms with Crippen LogP contribution in [-0.4, -0.2) is 40.2 Å². The van der Waals surface area contributed by atoms with Gasteiger partial charge in [-0.1, -0.05) is 4.68 Å². The van der Waals surface area contributed by atoms with Gasteiger partial charge in [0.2, 0.25) is 0 Å². The fourth-order valence-electron chi connectivity index (χ4n) is 1.56. The van der Waals surface area contributed by atoms with Crippen molar-refractivity contribution in [3.05, 3.63) is 5.51 Å². The predicted molar refractivity (Wildman–Crippen MR) is 52.3 cm³/mol. The Morgan fingerprint density at radius 2 is 2.53 bits per heavy atom. The topological polar surface area (TPSA) is 125 Å². The molecule has 0 radical (unpaired) electrons. The van der Waals surface area contributed by atoms with E-state index in [4.69, 9.17) is 15.1 Å².